The van der Waals surface area contributed by atoms with Crippen LogP contribution in [0, 0.1) is 19.8 Å². The molecule has 0 unspecified atom stereocenters. The second kappa shape index (κ2) is 4.32. The standard InChI is InChI=1S/C13H20N2O/c1-9-4-6-15(7-5-9)13(16)12-8-10(2)14-11(12)3/h8-9,14H,4-7H2,1-3H3. The first-order valence-electron chi connectivity index (χ1n) is 6.03. The second-order valence-electron chi connectivity index (χ2n) is 4.97. The van der Waals surface area contributed by atoms with Gasteiger partial charge in [-0.05, 0) is 38.7 Å². The predicted octanol–water partition coefficient (Wildman–Crippen LogP) is 2.50. The fourth-order valence-corrected chi connectivity index (χ4v) is 2.33. The molecule has 2 rings (SSSR count). The molecule has 88 valence electrons. The molecule has 0 saturated carbocycles. The van der Waals surface area contributed by atoms with Gasteiger partial charge in [0.2, 0.25) is 0 Å². The molecule has 1 fully saturated rings. The van der Waals surface area contributed by atoms with E-state index in [9.17, 15) is 4.79 Å². The van der Waals surface area contributed by atoms with Crippen LogP contribution in [0.25, 0.3) is 0 Å². The van der Waals surface area contributed by atoms with E-state index in [2.05, 4.69) is 11.9 Å². The molecule has 1 aliphatic rings. The van der Waals surface area contributed by atoms with Gasteiger partial charge < -0.3 is 9.88 Å². The molecule has 1 saturated heterocycles. The van der Waals surface area contributed by atoms with Crippen molar-refractivity contribution >= 4 is 5.91 Å². The Morgan fingerprint density at radius 3 is 2.50 bits per heavy atom. The highest BCUT2D eigenvalue weighted by Crippen LogP contribution is 2.19. The summed E-state index contributed by atoms with van der Waals surface area (Å²) < 4.78 is 0. The molecule has 1 amide bonds. The quantitative estimate of drug-likeness (QED) is 0.775. The first-order chi connectivity index (χ1) is 7.58. The largest absolute Gasteiger partial charge is 0.362 e. The van der Waals surface area contributed by atoms with Gasteiger partial charge in [0.1, 0.15) is 0 Å². The number of carbonyl (C=O) groups excluding carboxylic acids is 1. The average Bonchev–Trinajstić information content (AvgIpc) is 2.58. The Kier molecular flexibility index (Phi) is 3.03. The van der Waals surface area contributed by atoms with Gasteiger partial charge in [-0.25, -0.2) is 0 Å². The minimum atomic E-state index is 0.189. The second-order valence-corrected chi connectivity index (χ2v) is 4.97. The zero-order valence-corrected chi connectivity index (χ0v) is 10.3. The third-order valence-electron chi connectivity index (χ3n) is 3.45. The van der Waals surface area contributed by atoms with Gasteiger partial charge in [-0.2, -0.15) is 0 Å². The summed E-state index contributed by atoms with van der Waals surface area (Å²) >= 11 is 0. The summed E-state index contributed by atoms with van der Waals surface area (Å²) in [5, 5.41) is 0. The van der Waals surface area contributed by atoms with E-state index >= 15 is 0 Å². The van der Waals surface area contributed by atoms with Gasteiger partial charge in [-0.15, -0.1) is 0 Å². The van der Waals surface area contributed by atoms with E-state index in [0.29, 0.717) is 0 Å². The molecular weight excluding hydrogens is 200 g/mol. The van der Waals surface area contributed by atoms with Crippen molar-refractivity contribution in [2.75, 3.05) is 13.1 Å². The number of nitrogens with one attached hydrogen (secondary N) is 1. The Bertz CT molecular complexity index is 387. The molecule has 3 nitrogen and oxygen atoms in total. The fourth-order valence-electron chi connectivity index (χ4n) is 2.33. The topological polar surface area (TPSA) is 36.1 Å². The summed E-state index contributed by atoms with van der Waals surface area (Å²) in [6.45, 7) is 8.02. The Labute approximate surface area is 96.8 Å². The van der Waals surface area contributed by atoms with E-state index in [4.69, 9.17) is 0 Å². The molecule has 1 aromatic rings. The summed E-state index contributed by atoms with van der Waals surface area (Å²) in [5.74, 6) is 0.951. The number of piperidine rings is 1. The number of carbonyl (C=O) groups is 1. The first-order valence-corrected chi connectivity index (χ1v) is 6.03. The average molecular weight is 220 g/mol. The van der Waals surface area contributed by atoms with Crippen LogP contribution in [0.5, 0.6) is 0 Å². The van der Waals surface area contributed by atoms with Gasteiger partial charge in [0, 0.05) is 24.5 Å². The lowest BCUT2D eigenvalue weighted by Crippen LogP contribution is -2.38. The number of amides is 1. The van der Waals surface area contributed by atoms with Gasteiger partial charge in [-0.3, -0.25) is 4.79 Å². The molecule has 0 spiro atoms. The van der Waals surface area contributed by atoms with E-state index in [1.165, 1.54) is 0 Å². The van der Waals surface area contributed by atoms with Gasteiger partial charge in [-0.1, -0.05) is 6.92 Å². The number of aryl methyl sites for hydroxylation is 2. The van der Waals surface area contributed by atoms with Crippen molar-refractivity contribution in [3.8, 4) is 0 Å². The third kappa shape index (κ3) is 2.13. The van der Waals surface area contributed by atoms with Gasteiger partial charge >= 0.3 is 0 Å². The van der Waals surface area contributed by atoms with Crippen molar-refractivity contribution in [1.29, 1.82) is 0 Å². The molecule has 0 aliphatic carbocycles. The molecule has 3 heteroatoms. The monoisotopic (exact) mass is 220 g/mol. The molecule has 16 heavy (non-hydrogen) atoms. The smallest absolute Gasteiger partial charge is 0.255 e. The van der Waals surface area contributed by atoms with E-state index in [0.717, 1.165) is 48.8 Å². The molecule has 0 atom stereocenters. The highest BCUT2D eigenvalue weighted by molar-refractivity contribution is 5.95. The van der Waals surface area contributed by atoms with Crippen LogP contribution in [0.15, 0.2) is 6.07 Å². The van der Waals surface area contributed by atoms with Gasteiger partial charge in [0.25, 0.3) is 5.91 Å². The zero-order chi connectivity index (χ0) is 11.7. The van der Waals surface area contributed by atoms with Crippen LogP contribution in [0.1, 0.15) is 41.5 Å². The molecule has 1 aromatic heterocycles. The summed E-state index contributed by atoms with van der Waals surface area (Å²) in [6.07, 6.45) is 2.27. The van der Waals surface area contributed by atoms with Crippen molar-refractivity contribution in [1.82, 2.24) is 9.88 Å². The number of aromatic nitrogens is 1. The summed E-state index contributed by atoms with van der Waals surface area (Å²) in [7, 11) is 0. The minimum absolute atomic E-state index is 0.189. The maximum Gasteiger partial charge on any atom is 0.255 e. The Balaban J connectivity index is 2.10. The lowest BCUT2D eigenvalue weighted by Gasteiger charge is -2.30. The van der Waals surface area contributed by atoms with E-state index in [1.54, 1.807) is 0 Å². The first kappa shape index (κ1) is 11.2. The highest BCUT2D eigenvalue weighted by atomic mass is 16.2. The maximum absolute atomic E-state index is 12.2. The lowest BCUT2D eigenvalue weighted by atomic mass is 9.98. The molecular formula is C13H20N2O. The number of hydrogen-bond donors (Lipinski definition) is 1. The number of likely N-dealkylation sites (tertiary alicyclic amines) is 1. The Hall–Kier alpha value is -1.25. The van der Waals surface area contributed by atoms with E-state index < -0.39 is 0 Å². The van der Waals surface area contributed by atoms with Crippen LogP contribution in [0.3, 0.4) is 0 Å². The molecule has 0 aromatic carbocycles. The predicted molar refractivity (Wildman–Crippen MR) is 64.6 cm³/mol. The normalized spacial score (nSPS) is 17.8. The SMILES string of the molecule is Cc1cc(C(=O)N2CCC(C)CC2)c(C)[nH]1. The number of rotatable bonds is 1. The van der Waals surface area contributed by atoms with Crippen LogP contribution in [-0.2, 0) is 0 Å². The number of hydrogen-bond acceptors (Lipinski definition) is 1. The van der Waals surface area contributed by atoms with Gasteiger partial charge in [0.15, 0.2) is 0 Å². The van der Waals surface area contributed by atoms with Crippen LogP contribution in [0.4, 0.5) is 0 Å². The molecule has 0 radical (unpaired) electrons. The van der Waals surface area contributed by atoms with Crippen molar-refractivity contribution in [2.24, 2.45) is 5.92 Å². The fraction of sp³-hybridized carbons (Fsp3) is 0.615. The van der Waals surface area contributed by atoms with Crippen molar-refractivity contribution in [3.05, 3.63) is 23.0 Å². The van der Waals surface area contributed by atoms with Crippen molar-refractivity contribution in [2.45, 2.75) is 33.6 Å². The number of H-pyrrole nitrogens is 1. The highest BCUT2D eigenvalue weighted by Gasteiger charge is 2.23. The molecule has 1 N–H and O–H groups in total. The lowest BCUT2D eigenvalue weighted by molar-refractivity contribution is 0.0696. The number of nitrogens with zero attached hydrogens (tertiary/aromatic N) is 1. The number of aromatic amines is 1. The molecule has 0 bridgehead atoms. The maximum atomic E-state index is 12.2. The summed E-state index contributed by atoms with van der Waals surface area (Å²) in [5.41, 5.74) is 2.89. The van der Waals surface area contributed by atoms with Crippen LogP contribution in [0.2, 0.25) is 0 Å². The van der Waals surface area contributed by atoms with Crippen LogP contribution in [-0.4, -0.2) is 28.9 Å². The Morgan fingerprint density at radius 2 is 2.00 bits per heavy atom. The molecule has 1 aliphatic heterocycles. The van der Waals surface area contributed by atoms with Crippen LogP contribution < -0.4 is 0 Å². The van der Waals surface area contributed by atoms with Crippen molar-refractivity contribution < 1.29 is 4.79 Å². The molecule has 2 heterocycles. The Morgan fingerprint density at radius 1 is 1.38 bits per heavy atom. The third-order valence-corrected chi connectivity index (χ3v) is 3.45. The van der Waals surface area contributed by atoms with Gasteiger partial charge in [0.05, 0.1) is 5.56 Å². The van der Waals surface area contributed by atoms with Crippen molar-refractivity contribution in [3.63, 3.8) is 0 Å². The summed E-state index contributed by atoms with van der Waals surface area (Å²) in [6, 6.07) is 1.95. The zero-order valence-electron chi connectivity index (χ0n) is 10.3. The minimum Gasteiger partial charge on any atom is -0.362 e. The van der Waals surface area contributed by atoms with Crippen LogP contribution >= 0.6 is 0 Å². The van der Waals surface area contributed by atoms with E-state index in [1.807, 2.05) is 24.8 Å². The summed E-state index contributed by atoms with van der Waals surface area (Å²) in [4.78, 5) is 17.4. The van der Waals surface area contributed by atoms with E-state index in [-0.39, 0.29) is 5.91 Å².